The van der Waals surface area contributed by atoms with E-state index in [9.17, 15) is 18.5 Å². The van der Waals surface area contributed by atoms with Gasteiger partial charge in [-0.05, 0) is 48.9 Å². The first-order valence-corrected chi connectivity index (χ1v) is 9.44. The first kappa shape index (κ1) is 18.4. The Hall–Kier alpha value is -3.39. The molecule has 0 fully saturated rings. The number of hydrogen-bond donors (Lipinski definition) is 1. The number of hydrogen-bond acceptors (Lipinski definition) is 5. The van der Waals surface area contributed by atoms with Crippen molar-refractivity contribution in [2.24, 2.45) is 0 Å². The second-order valence-electron chi connectivity index (χ2n) is 5.75. The van der Waals surface area contributed by atoms with Gasteiger partial charge >= 0.3 is 0 Å². The Balaban J connectivity index is 1.78. The molecule has 0 aliphatic carbocycles. The highest BCUT2D eigenvalue weighted by molar-refractivity contribution is 7.92. The van der Waals surface area contributed by atoms with Crippen LogP contribution in [0.2, 0.25) is 0 Å². The molecule has 0 saturated heterocycles. The van der Waals surface area contributed by atoms with Crippen molar-refractivity contribution >= 4 is 21.4 Å². The zero-order valence-corrected chi connectivity index (χ0v) is 15.1. The Morgan fingerprint density at radius 1 is 0.963 bits per heavy atom. The molecule has 0 aliphatic heterocycles. The highest BCUT2D eigenvalue weighted by Gasteiger charge is 2.16. The summed E-state index contributed by atoms with van der Waals surface area (Å²) in [4.78, 5) is 10.2. The van der Waals surface area contributed by atoms with Crippen LogP contribution in [0, 0.1) is 17.0 Å². The minimum atomic E-state index is -3.88. The number of nitro benzene ring substituents is 1. The molecule has 0 radical (unpaired) electrons. The van der Waals surface area contributed by atoms with Crippen LogP contribution in [-0.4, -0.2) is 13.3 Å². The maximum atomic E-state index is 12.5. The number of aryl methyl sites for hydroxylation is 1. The van der Waals surface area contributed by atoms with E-state index in [1.807, 2.05) is 31.2 Å². The van der Waals surface area contributed by atoms with E-state index in [-0.39, 0.29) is 16.3 Å². The van der Waals surface area contributed by atoms with Crippen LogP contribution >= 0.6 is 0 Å². The van der Waals surface area contributed by atoms with Gasteiger partial charge in [-0.25, -0.2) is 8.42 Å². The number of nitrogens with zero attached hydrogens (tertiary/aromatic N) is 1. The Bertz CT molecular complexity index is 1080. The second kappa shape index (κ2) is 7.46. The fourth-order valence-corrected chi connectivity index (χ4v) is 3.43. The van der Waals surface area contributed by atoms with Crippen molar-refractivity contribution in [3.05, 3.63) is 88.5 Å². The number of nitro groups is 1. The quantitative estimate of drug-likeness (QED) is 0.498. The average molecular weight is 384 g/mol. The normalized spacial score (nSPS) is 11.0. The molecule has 138 valence electrons. The Kier molecular flexibility index (Phi) is 5.09. The molecule has 0 heterocycles. The van der Waals surface area contributed by atoms with Gasteiger partial charge < -0.3 is 4.74 Å². The molecule has 27 heavy (non-hydrogen) atoms. The van der Waals surface area contributed by atoms with Gasteiger partial charge in [-0.3, -0.25) is 14.8 Å². The Morgan fingerprint density at radius 3 is 2.33 bits per heavy atom. The lowest BCUT2D eigenvalue weighted by Gasteiger charge is -2.10. The van der Waals surface area contributed by atoms with Crippen molar-refractivity contribution < 1.29 is 18.1 Å². The molecule has 0 spiro atoms. The van der Waals surface area contributed by atoms with Crippen LogP contribution in [0.3, 0.4) is 0 Å². The maximum Gasteiger partial charge on any atom is 0.271 e. The summed E-state index contributed by atoms with van der Waals surface area (Å²) in [5, 5.41) is 10.8. The van der Waals surface area contributed by atoms with Crippen molar-refractivity contribution in [2.75, 3.05) is 4.72 Å². The molecule has 0 amide bonds. The summed E-state index contributed by atoms with van der Waals surface area (Å²) in [7, 11) is -3.88. The van der Waals surface area contributed by atoms with Gasteiger partial charge in [0, 0.05) is 12.1 Å². The van der Waals surface area contributed by atoms with E-state index in [1.54, 1.807) is 12.1 Å². The largest absolute Gasteiger partial charge is 0.457 e. The third-order valence-corrected chi connectivity index (χ3v) is 5.16. The van der Waals surface area contributed by atoms with Gasteiger partial charge in [-0.1, -0.05) is 24.3 Å². The first-order valence-electron chi connectivity index (χ1n) is 7.96. The lowest BCUT2D eigenvalue weighted by atomic mass is 10.2. The number of ether oxygens (including phenoxy) is 1. The number of anilines is 1. The van der Waals surface area contributed by atoms with Crippen molar-refractivity contribution in [2.45, 2.75) is 11.8 Å². The van der Waals surface area contributed by atoms with Crippen LogP contribution in [-0.2, 0) is 10.0 Å². The van der Waals surface area contributed by atoms with E-state index < -0.39 is 14.9 Å². The molecule has 0 aromatic heterocycles. The fraction of sp³-hybridized carbons (Fsp3) is 0.0526. The van der Waals surface area contributed by atoms with E-state index in [0.29, 0.717) is 11.5 Å². The average Bonchev–Trinajstić information content (AvgIpc) is 2.64. The van der Waals surface area contributed by atoms with Crippen molar-refractivity contribution in [3.8, 4) is 11.5 Å². The van der Waals surface area contributed by atoms with E-state index in [2.05, 4.69) is 4.72 Å². The van der Waals surface area contributed by atoms with Crippen molar-refractivity contribution in [1.82, 2.24) is 0 Å². The fourth-order valence-electron chi connectivity index (χ4n) is 2.38. The highest BCUT2D eigenvalue weighted by atomic mass is 32.2. The minimum absolute atomic E-state index is 0.0196. The molecule has 8 heteroatoms. The maximum absolute atomic E-state index is 12.5. The van der Waals surface area contributed by atoms with Gasteiger partial charge in [0.1, 0.15) is 11.5 Å². The number of non-ortho nitro benzene ring substituents is 1. The van der Waals surface area contributed by atoms with E-state index in [0.717, 1.165) is 11.6 Å². The standard InChI is InChI=1S/C19H16N2O5S/c1-14-5-2-3-8-19(14)26-17-9-11-18(12-10-17)27(24,25)20-15-6-4-7-16(13-15)21(22)23/h2-13,20H,1H3. The number of nitrogens with one attached hydrogen (secondary N) is 1. The topological polar surface area (TPSA) is 98.5 Å². The van der Waals surface area contributed by atoms with Gasteiger partial charge in [-0.15, -0.1) is 0 Å². The molecule has 1 N–H and O–H groups in total. The molecule has 3 aromatic carbocycles. The summed E-state index contributed by atoms with van der Waals surface area (Å²) in [5.41, 5.74) is 0.878. The van der Waals surface area contributed by atoms with Crippen molar-refractivity contribution in [3.63, 3.8) is 0 Å². The van der Waals surface area contributed by atoms with E-state index >= 15 is 0 Å². The molecular weight excluding hydrogens is 368 g/mol. The van der Waals surface area contributed by atoms with Gasteiger partial charge in [0.2, 0.25) is 0 Å². The van der Waals surface area contributed by atoms with Crippen LogP contribution < -0.4 is 9.46 Å². The number of benzene rings is 3. The molecule has 0 aliphatic rings. The van der Waals surface area contributed by atoms with Gasteiger partial charge in [0.15, 0.2) is 0 Å². The van der Waals surface area contributed by atoms with E-state index in [4.69, 9.17) is 4.74 Å². The molecular formula is C19H16N2O5S. The summed E-state index contributed by atoms with van der Waals surface area (Å²) >= 11 is 0. The van der Waals surface area contributed by atoms with Gasteiger partial charge in [-0.2, -0.15) is 0 Å². The summed E-state index contributed by atoms with van der Waals surface area (Å²) in [6.45, 7) is 1.91. The second-order valence-corrected chi connectivity index (χ2v) is 7.43. The zero-order valence-electron chi connectivity index (χ0n) is 14.3. The number of sulfonamides is 1. The molecule has 0 bridgehead atoms. The summed E-state index contributed by atoms with van der Waals surface area (Å²) in [6, 6.07) is 18.7. The van der Waals surface area contributed by atoms with E-state index in [1.165, 1.54) is 30.3 Å². The van der Waals surface area contributed by atoms with Gasteiger partial charge in [0.05, 0.1) is 15.5 Å². The number of rotatable bonds is 6. The SMILES string of the molecule is Cc1ccccc1Oc1ccc(S(=O)(=O)Nc2cccc([N+](=O)[O-])c2)cc1. The predicted molar refractivity (Wildman–Crippen MR) is 102 cm³/mol. The molecule has 0 unspecified atom stereocenters. The zero-order chi connectivity index (χ0) is 19.4. The van der Waals surface area contributed by atoms with Crippen LogP contribution in [0.15, 0.2) is 77.7 Å². The monoisotopic (exact) mass is 384 g/mol. The third kappa shape index (κ3) is 4.42. The van der Waals surface area contributed by atoms with Gasteiger partial charge in [0.25, 0.3) is 15.7 Å². The first-order chi connectivity index (χ1) is 12.8. The summed E-state index contributed by atoms with van der Waals surface area (Å²) in [5.74, 6) is 1.18. The molecule has 0 saturated carbocycles. The molecule has 3 rings (SSSR count). The molecule has 3 aromatic rings. The van der Waals surface area contributed by atoms with Crippen LogP contribution in [0.1, 0.15) is 5.56 Å². The van der Waals surface area contributed by atoms with Crippen LogP contribution in [0.4, 0.5) is 11.4 Å². The number of para-hydroxylation sites is 1. The minimum Gasteiger partial charge on any atom is -0.457 e. The third-order valence-electron chi connectivity index (χ3n) is 3.76. The molecule has 0 atom stereocenters. The summed E-state index contributed by atoms with van der Waals surface area (Å²) < 4.78 is 33.1. The molecule has 7 nitrogen and oxygen atoms in total. The lowest BCUT2D eigenvalue weighted by Crippen LogP contribution is -2.12. The smallest absolute Gasteiger partial charge is 0.271 e. The predicted octanol–water partition coefficient (Wildman–Crippen LogP) is 4.50. The van der Waals surface area contributed by atoms with Crippen LogP contribution in [0.5, 0.6) is 11.5 Å². The van der Waals surface area contributed by atoms with Crippen LogP contribution in [0.25, 0.3) is 0 Å². The highest BCUT2D eigenvalue weighted by Crippen LogP contribution is 2.26. The summed E-state index contributed by atoms with van der Waals surface area (Å²) in [6.07, 6.45) is 0. The lowest BCUT2D eigenvalue weighted by molar-refractivity contribution is -0.384. The Labute approximate surface area is 156 Å². The van der Waals surface area contributed by atoms with Crippen molar-refractivity contribution in [1.29, 1.82) is 0 Å². The Morgan fingerprint density at radius 2 is 1.67 bits per heavy atom.